The third kappa shape index (κ3) is 2.64. The van der Waals surface area contributed by atoms with Crippen molar-refractivity contribution in [2.45, 2.75) is 38.1 Å². The van der Waals surface area contributed by atoms with Crippen molar-refractivity contribution in [1.82, 2.24) is 5.32 Å². The fourth-order valence-electron chi connectivity index (χ4n) is 3.34. The van der Waals surface area contributed by atoms with E-state index in [1.54, 1.807) is 0 Å². The van der Waals surface area contributed by atoms with Crippen LogP contribution in [0, 0.1) is 0 Å². The highest BCUT2D eigenvalue weighted by molar-refractivity contribution is 5.40. The molecule has 104 valence electrons. The topological polar surface area (TPSA) is 12.0 Å². The standard InChI is InChI=1S/C19H23N/c1-14-8-11-19(20-2)18-13-16(9-10-17(14)18)12-15-6-4-3-5-7-15/h3-7,9-10,13-14,19-20H,8,11-12H2,1-2H3. The number of benzene rings is 2. The molecule has 0 bridgehead atoms. The van der Waals surface area contributed by atoms with Crippen molar-refractivity contribution in [3.05, 3.63) is 70.8 Å². The number of hydrogen-bond acceptors (Lipinski definition) is 1. The second-order valence-electron chi connectivity index (χ2n) is 5.95. The zero-order chi connectivity index (χ0) is 13.9. The smallest absolute Gasteiger partial charge is 0.0320 e. The highest BCUT2D eigenvalue weighted by Gasteiger charge is 2.23. The van der Waals surface area contributed by atoms with Crippen LogP contribution in [0.25, 0.3) is 0 Å². The van der Waals surface area contributed by atoms with Gasteiger partial charge in [-0.05, 0) is 54.5 Å². The Morgan fingerprint density at radius 3 is 2.50 bits per heavy atom. The van der Waals surface area contributed by atoms with Crippen LogP contribution < -0.4 is 5.32 Å². The molecule has 1 aliphatic rings. The van der Waals surface area contributed by atoms with Crippen LogP contribution in [0.4, 0.5) is 0 Å². The zero-order valence-electron chi connectivity index (χ0n) is 12.4. The summed E-state index contributed by atoms with van der Waals surface area (Å²) < 4.78 is 0. The summed E-state index contributed by atoms with van der Waals surface area (Å²) in [7, 11) is 2.08. The minimum atomic E-state index is 0.525. The molecule has 1 heteroatoms. The fraction of sp³-hybridized carbons (Fsp3) is 0.368. The molecule has 1 aliphatic carbocycles. The first-order valence-corrected chi connectivity index (χ1v) is 7.62. The van der Waals surface area contributed by atoms with Crippen molar-refractivity contribution in [1.29, 1.82) is 0 Å². The average Bonchev–Trinajstić information content (AvgIpc) is 2.49. The van der Waals surface area contributed by atoms with Crippen molar-refractivity contribution in [2.75, 3.05) is 7.05 Å². The van der Waals surface area contributed by atoms with E-state index in [1.165, 1.54) is 35.1 Å². The lowest BCUT2D eigenvalue weighted by molar-refractivity contribution is 0.459. The monoisotopic (exact) mass is 265 g/mol. The molecule has 0 saturated heterocycles. The molecule has 0 spiro atoms. The van der Waals surface area contributed by atoms with Crippen molar-refractivity contribution in [2.24, 2.45) is 0 Å². The lowest BCUT2D eigenvalue weighted by atomic mass is 9.80. The molecule has 3 rings (SSSR count). The van der Waals surface area contributed by atoms with Crippen LogP contribution in [0.5, 0.6) is 0 Å². The van der Waals surface area contributed by atoms with Crippen LogP contribution in [-0.4, -0.2) is 7.05 Å². The first-order chi connectivity index (χ1) is 9.78. The van der Waals surface area contributed by atoms with Gasteiger partial charge in [0.25, 0.3) is 0 Å². The Balaban J connectivity index is 1.91. The molecule has 2 unspecified atom stereocenters. The van der Waals surface area contributed by atoms with Gasteiger partial charge in [0.2, 0.25) is 0 Å². The molecule has 0 aromatic heterocycles. The van der Waals surface area contributed by atoms with E-state index in [0.717, 1.165) is 6.42 Å². The maximum Gasteiger partial charge on any atom is 0.0320 e. The van der Waals surface area contributed by atoms with E-state index >= 15 is 0 Å². The maximum atomic E-state index is 3.47. The second-order valence-corrected chi connectivity index (χ2v) is 5.95. The van der Waals surface area contributed by atoms with E-state index in [4.69, 9.17) is 0 Å². The average molecular weight is 265 g/mol. The molecule has 2 aromatic carbocycles. The van der Waals surface area contributed by atoms with Gasteiger partial charge in [-0.2, -0.15) is 0 Å². The Kier molecular flexibility index (Phi) is 3.88. The molecule has 0 saturated carbocycles. The van der Waals surface area contributed by atoms with Gasteiger partial charge < -0.3 is 5.32 Å². The summed E-state index contributed by atoms with van der Waals surface area (Å²) in [6.07, 6.45) is 3.56. The third-order valence-corrected chi connectivity index (χ3v) is 4.55. The SMILES string of the molecule is CNC1CCC(C)c2ccc(Cc3ccccc3)cc21. The van der Waals surface area contributed by atoms with Gasteiger partial charge in [-0.15, -0.1) is 0 Å². The lowest BCUT2D eigenvalue weighted by Gasteiger charge is -2.30. The summed E-state index contributed by atoms with van der Waals surface area (Å²) in [6, 6.07) is 18.3. The minimum Gasteiger partial charge on any atom is -0.313 e. The number of nitrogens with one attached hydrogen (secondary N) is 1. The van der Waals surface area contributed by atoms with Crippen molar-refractivity contribution in [3.63, 3.8) is 0 Å². The molecule has 2 atom stereocenters. The number of fused-ring (bicyclic) bond motifs is 1. The van der Waals surface area contributed by atoms with E-state index in [0.29, 0.717) is 12.0 Å². The molecule has 0 heterocycles. The van der Waals surface area contributed by atoms with Crippen LogP contribution in [-0.2, 0) is 6.42 Å². The Hall–Kier alpha value is -1.60. The van der Waals surface area contributed by atoms with Gasteiger partial charge in [0.1, 0.15) is 0 Å². The van der Waals surface area contributed by atoms with Gasteiger partial charge in [-0.3, -0.25) is 0 Å². The highest BCUT2D eigenvalue weighted by atomic mass is 14.9. The van der Waals surface area contributed by atoms with Crippen molar-refractivity contribution >= 4 is 0 Å². The molecule has 0 amide bonds. The largest absolute Gasteiger partial charge is 0.313 e. The van der Waals surface area contributed by atoms with Gasteiger partial charge in [0.05, 0.1) is 0 Å². The van der Waals surface area contributed by atoms with Crippen LogP contribution in [0.3, 0.4) is 0 Å². The number of rotatable bonds is 3. The fourth-order valence-corrected chi connectivity index (χ4v) is 3.34. The third-order valence-electron chi connectivity index (χ3n) is 4.55. The first kappa shape index (κ1) is 13.4. The Morgan fingerprint density at radius 1 is 0.950 bits per heavy atom. The first-order valence-electron chi connectivity index (χ1n) is 7.62. The molecule has 0 aliphatic heterocycles. The van der Waals surface area contributed by atoms with Crippen LogP contribution >= 0.6 is 0 Å². The molecular weight excluding hydrogens is 242 g/mol. The summed E-state index contributed by atoms with van der Waals surface area (Å²) in [5.41, 5.74) is 5.86. The molecule has 2 aromatic rings. The van der Waals surface area contributed by atoms with E-state index in [2.05, 4.69) is 67.8 Å². The van der Waals surface area contributed by atoms with Crippen molar-refractivity contribution < 1.29 is 0 Å². The normalized spacial score (nSPS) is 21.5. The quantitative estimate of drug-likeness (QED) is 0.865. The molecule has 1 nitrogen and oxygen atoms in total. The van der Waals surface area contributed by atoms with E-state index in [-0.39, 0.29) is 0 Å². The van der Waals surface area contributed by atoms with Gasteiger partial charge in [-0.25, -0.2) is 0 Å². The molecule has 0 radical (unpaired) electrons. The Labute approximate surface area is 122 Å². The maximum absolute atomic E-state index is 3.47. The summed E-state index contributed by atoms with van der Waals surface area (Å²) in [5, 5.41) is 3.47. The molecule has 1 N–H and O–H groups in total. The summed E-state index contributed by atoms with van der Waals surface area (Å²) in [5.74, 6) is 0.695. The Bertz CT molecular complexity index is 574. The van der Waals surface area contributed by atoms with Crippen LogP contribution in [0.15, 0.2) is 48.5 Å². The van der Waals surface area contributed by atoms with Gasteiger partial charge in [0, 0.05) is 6.04 Å². The van der Waals surface area contributed by atoms with Crippen molar-refractivity contribution in [3.8, 4) is 0 Å². The summed E-state index contributed by atoms with van der Waals surface area (Å²) >= 11 is 0. The van der Waals surface area contributed by atoms with E-state index in [9.17, 15) is 0 Å². The molecule has 0 fully saturated rings. The second kappa shape index (κ2) is 5.80. The predicted molar refractivity (Wildman–Crippen MR) is 85.1 cm³/mol. The molecule has 20 heavy (non-hydrogen) atoms. The predicted octanol–water partition coefficient (Wildman–Crippen LogP) is 4.44. The number of hydrogen-bond donors (Lipinski definition) is 1. The van der Waals surface area contributed by atoms with Crippen LogP contribution in [0.1, 0.15) is 54.0 Å². The van der Waals surface area contributed by atoms with Gasteiger partial charge in [-0.1, -0.05) is 55.5 Å². The van der Waals surface area contributed by atoms with E-state index < -0.39 is 0 Å². The minimum absolute atomic E-state index is 0.525. The zero-order valence-corrected chi connectivity index (χ0v) is 12.4. The summed E-state index contributed by atoms with van der Waals surface area (Å²) in [6.45, 7) is 2.35. The Morgan fingerprint density at radius 2 is 1.75 bits per heavy atom. The lowest BCUT2D eigenvalue weighted by Crippen LogP contribution is -2.23. The molecular formula is C19H23N. The van der Waals surface area contributed by atoms with Crippen LogP contribution in [0.2, 0.25) is 0 Å². The highest BCUT2D eigenvalue weighted by Crippen LogP contribution is 2.37. The van der Waals surface area contributed by atoms with Gasteiger partial charge in [0.15, 0.2) is 0 Å². The van der Waals surface area contributed by atoms with Gasteiger partial charge >= 0.3 is 0 Å². The van der Waals surface area contributed by atoms with E-state index in [1.807, 2.05) is 0 Å². The summed E-state index contributed by atoms with van der Waals surface area (Å²) in [4.78, 5) is 0.